The first-order valence-corrected chi connectivity index (χ1v) is 8.02. The average Bonchev–Trinajstić information content (AvgIpc) is 2.69. The minimum atomic E-state index is -0.347. The second-order valence-electron chi connectivity index (χ2n) is 5.35. The number of halogens is 1. The third-order valence-corrected chi connectivity index (χ3v) is 3.48. The highest BCUT2D eigenvalue weighted by Gasteiger charge is 2.19. The molecule has 0 aromatic heterocycles. The van der Waals surface area contributed by atoms with E-state index in [1.165, 1.54) is 39.5 Å². The molecule has 0 spiro atoms. The van der Waals surface area contributed by atoms with Crippen LogP contribution in [0.1, 0.15) is 15.9 Å². The van der Waals surface area contributed by atoms with Crippen LogP contribution in [-0.2, 0) is 9.47 Å². The van der Waals surface area contributed by atoms with Crippen molar-refractivity contribution in [3.8, 4) is 17.2 Å². The number of carbonyl (C=O) groups excluding carboxylic acids is 1. The van der Waals surface area contributed by atoms with Crippen molar-refractivity contribution in [1.29, 1.82) is 0 Å². The first-order chi connectivity index (χ1) is 13.1. The Morgan fingerprint density at radius 3 is 2.22 bits per heavy atom. The van der Waals surface area contributed by atoms with Gasteiger partial charge >= 0.3 is 0 Å². The lowest BCUT2D eigenvalue weighted by Crippen LogP contribution is -2.08. The number of allylic oxidation sites excluding steroid dienone is 1. The molecule has 0 aliphatic heterocycles. The van der Waals surface area contributed by atoms with Gasteiger partial charge in [-0.1, -0.05) is 18.2 Å². The van der Waals surface area contributed by atoms with Gasteiger partial charge in [0.25, 0.3) is 0 Å². The van der Waals surface area contributed by atoms with E-state index in [-0.39, 0.29) is 42.2 Å². The van der Waals surface area contributed by atoms with Crippen molar-refractivity contribution in [3.63, 3.8) is 0 Å². The number of ketones is 1. The molecule has 0 fully saturated rings. The van der Waals surface area contributed by atoms with Gasteiger partial charge < -0.3 is 23.7 Å². The lowest BCUT2D eigenvalue weighted by atomic mass is 10.1. The van der Waals surface area contributed by atoms with Crippen molar-refractivity contribution >= 4 is 11.9 Å². The van der Waals surface area contributed by atoms with Crippen LogP contribution >= 0.6 is 0 Å². The topological polar surface area (TPSA) is 63.2 Å². The summed E-state index contributed by atoms with van der Waals surface area (Å²) >= 11 is 0. The van der Waals surface area contributed by atoms with Gasteiger partial charge in [0.2, 0.25) is 0 Å². The van der Waals surface area contributed by atoms with Gasteiger partial charge in [0.1, 0.15) is 28.6 Å². The summed E-state index contributed by atoms with van der Waals surface area (Å²) in [7, 11) is 4.41. The number of carbonyl (C=O) groups is 1. The molecule has 2 aromatic carbocycles. The quantitative estimate of drug-likeness (QED) is 0.358. The maximum atomic E-state index is 13.0. The molecule has 0 unspecified atom stereocenters. The van der Waals surface area contributed by atoms with Gasteiger partial charge in [0.05, 0.1) is 7.11 Å². The fourth-order valence-electron chi connectivity index (χ4n) is 2.25. The molecule has 2 rings (SSSR count). The monoisotopic (exact) mass is 376 g/mol. The SMILES string of the molecule is COCOc1cc(OC)c(C(=O)/C=C/c2ccc(F)cc2)c(OCOC)c1. The summed E-state index contributed by atoms with van der Waals surface area (Å²) < 4.78 is 39.0. The van der Waals surface area contributed by atoms with Gasteiger partial charge in [-0.05, 0) is 23.8 Å². The Kier molecular flexibility index (Phi) is 7.79. The zero-order chi connectivity index (χ0) is 19.6. The van der Waals surface area contributed by atoms with Gasteiger partial charge in [-0.2, -0.15) is 0 Å². The molecular formula is C20H21FO6. The molecule has 0 saturated carbocycles. The predicted octanol–water partition coefficient (Wildman–Crippen LogP) is 3.70. The van der Waals surface area contributed by atoms with Gasteiger partial charge in [0, 0.05) is 26.4 Å². The summed E-state index contributed by atoms with van der Waals surface area (Å²) in [6, 6.07) is 8.90. The first-order valence-electron chi connectivity index (χ1n) is 8.02. The standard InChI is InChI=1S/C20H21FO6/c1-23-12-26-16-10-18(25-3)20(19(11-16)27-13-24-2)17(22)9-6-14-4-7-15(21)8-5-14/h4-11H,12-13H2,1-3H3/b9-6+. The Hall–Kier alpha value is -2.90. The Labute approximate surface area is 157 Å². The summed E-state index contributed by atoms with van der Waals surface area (Å²) in [4.78, 5) is 12.7. The normalized spacial score (nSPS) is 10.8. The number of benzene rings is 2. The van der Waals surface area contributed by atoms with Crippen molar-refractivity contribution in [3.05, 3.63) is 59.4 Å². The number of ether oxygens (including phenoxy) is 5. The zero-order valence-corrected chi connectivity index (χ0v) is 15.4. The molecule has 0 aliphatic rings. The molecule has 6 nitrogen and oxygen atoms in total. The van der Waals surface area contributed by atoms with Crippen LogP contribution in [0.2, 0.25) is 0 Å². The predicted molar refractivity (Wildman–Crippen MR) is 97.8 cm³/mol. The molecule has 0 radical (unpaired) electrons. The highest BCUT2D eigenvalue weighted by Crippen LogP contribution is 2.35. The van der Waals surface area contributed by atoms with Gasteiger partial charge in [-0.15, -0.1) is 0 Å². The lowest BCUT2D eigenvalue weighted by molar-refractivity contribution is 0.0453. The zero-order valence-electron chi connectivity index (χ0n) is 15.4. The average molecular weight is 376 g/mol. The fraction of sp³-hybridized carbons (Fsp3) is 0.250. The third-order valence-electron chi connectivity index (χ3n) is 3.48. The van der Waals surface area contributed by atoms with E-state index in [0.29, 0.717) is 11.3 Å². The van der Waals surface area contributed by atoms with Crippen LogP contribution in [0.25, 0.3) is 6.08 Å². The first kappa shape index (κ1) is 20.4. The van der Waals surface area contributed by atoms with Crippen molar-refractivity contribution < 1.29 is 32.9 Å². The Bertz CT molecular complexity index is 786. The van der Waals surface area contributed by atoms with E-state index < -0.39 is 0 Å². The van der Waals surface area contributed by atoms with Gasteiger partial charge in [0.15, 0.2) is 19.4 Å². The van der Waals surface area contributed by atoms with Crippen molar-refractivity contribution in [2.75, 3.05) is 34.9 Å². The molecule has 2 aromatic rings. The highest BCUT2D eigenvalue weighted by molar-refractivity contribution is 6.10. The summed E-state index contributed by atoms with van der Waals surface area (Å²) in [5.74, 6) is 0.251. The van der Waals surface area contributed by atoms with E-state index >= 15 is 0 Å². The van der Waals surface area contributed by atoms with Crippen LogP contribution in [0.5, 0.6) is 17.2 Å². The number of hydrogen-bond acceptors (Lipinski definition) is 6. The minimum Gasteiger partial charge on any atom is -0.496 e. The smallest absolute Gasteiger partial charge is 0.193 e. The van der Waals surface area contributed by atoms with Crippen LogP contribution in [0, 0.1) is 5.82 Å². The van der Waals surface area contributed by atoms with Crippen molar-refractivity contribution in [1.82, 2.24) is 0 Å². The van der Waals surface area contributed by atoms with Crippen LogP contribution in [-0.4, -0.2) is 40.7 Å². The van der Waals surface area contributed by atoms with E-state index in [1.807, 2.05) is 0 Å². The molecule has 0 amide bonds. The summed E-state index contributed by atoms with van der Waals surface area (Å²) in [6.07, 6.45) is 2.94. The van der Waals surface area contributed by atoms with Gasteiger partial charge in [-0.3, -0.25) is 4.79 Å². The molecule has 27 heavy (non-hydrogen) atoms. The molecule has 144 valence electrons. The van der Waals surface area contributed by atoms with Crippen molar-refractivity contribution in [2.45, 2.75) is 0 Å². The van der Waals surface area contributed by atoms with Crippen molar-refractivity contribution in [2.24, 2.45) is 0 Å². The molecule has 0 saturated heterocycles. The molecule has 0 atom stereocenters. The third kappa shape index (κ3) is 5.80. The number of methoxy groups -OCH3 is 3. The largest absolute Gasteiger partial charge is 0.496 e. The van der Waals surface area contributed by atoms with Gasteiger partial charge in [-0.25, -0.2) is 4.39 Å². The Morgan fingerprint density at radius 1 is 0.963 bits per heavy atom. The van der Waals surface area contributed by atoms with E-state index in [4.69, 9.17) is 23.7 Å². The molecule has 0 bridgehead atoms. The van der Waals surface area contributed by atoms with Crippen LogP contribution in [0.15, 0.2) is 42.5 Å². The summed E-state index contributed by atoms with van der Waals surface area (Å²) in [5, 5.41) is 0. The molecule has 7 heteroatoms. The maximum absolute atomic E-state index is 13.0. The van der Waals surface area contributed by atoms with Crippen LogP contribution < -0.4 is 14.2 Å². The summed E-state index contributed by atoms with van der Waals surface area (Å²) in [6.45, 7) is -0.0243. The van der Waals surface area contributed by atoms with E-state index in [1.54, 1.807) is 30.3 Å². The molecule has 0 heterocycles. The highest BCUT2D eigenvalue weighted by atomic mass is 19.1. The second kappa shape index (κ2) is 10.3. The fourth-order valence-corrected chi connectivity index (χ4v) is 2.25. The van der Waals surface area contributed by atoms with E-state index in [2.05, 4.69) is 0 Å². The van der Waals surface area contributed by atoms with E-state index in [9.17, 15) is 9.18 Å². The second-order valence-corrected chi connectivity index (χ2v) is 5.35. The van der Waals surface area contributed by atoms with Crippen LogP contribution in [0.3, 0.4) is 0 Å². The Morgan fingerprint density at radius 2 is 1.59 bits per heavy atom. The lowest BCUT2D eigenvalue weighted by Gasteiger charge is -2.15. The van der Waals surface area contributed by atoms with E-state index in [0.717, 1.165) is 0 Å². The minimum absolute atomic E-state index is 0.0324. The van der Waals surface area contributed by atoms with Crippen LogP contribution in [0.4, 0.5) is 4.39 Å². The number of rotatable bonds is 10. The maximum Gasteiger partial charge on any atom is 0.193 e. The number of hydrogen-bond donors (Lipinski definition) is 0. The Balaban J connectivity index is 2.35. The molecule has 0 aliphatic carbocycles. The molecule has 0 N–H and O–H groups in total. The molecular weight excluding hydrogens is 355 g/mol. The summed E-state index contributed by atoms with van der Waals surface area (Å²) in [5.41, 5.74) is 0.904.